The molecule has 0 bridgehead atoms. The predicted octanol–water partition coefficient (Wildman–Crippen LogP) is 2.29. The van der Waals surface area contributed by atoms with Crippen LogP contribution >= 0.6 is 0 Å². The largest absolute Gasteiger partial charge is 0.331 e. The second-order valence-corrected chi connectivity index (χ2v) is 5.29. The van der Waals surface area contributed by atoms with Crippen molar-refractivity contribution in [2.75, 3.05) is 11.9 Å². The number of hydrogen-bond acceptors (Lipinski definition) is 3. The molecule has 110 valence electrons. The molecular formula is C16H19N3O2. The van der Waals surface area contributed by atoms with Crippen molar-refractivity contribution in [3.05, 3.63) is 29.8 Å². The highest BCUT2D eigenvalue weighted by molar-refractivity contribution is 5.95. The Morgan fingerprint density at radius 3 is 2.62 bits per heavy atom. The van der Waals surface area contributed by atoms with Crippen molar-refractivity contribution in [3.63, 3.8) is 0 Å². The van der Waals surface area contributed by atoms with E-state index >= 15 is 0 Å². The fraction of sp³-hybridized carbons (Fsp3) is 0.438. The molecule has 1 aromatic carbocycles. The Bertz CT molecular complexity index is 571. The van der Waals surface area contributed by atoms with Crippen molar-refractivity contribution in [2.45, 2.75) is 38.6 Å². The van der Waals surface area contributed by atoms with E-state index in [2.05, 4.69) is 5.32 Å². The van der Waals surface area contributed by atoms with Crippen LogP contribution in [-0.2, 0) is 9.59 Å². The lowest BCUT2D eigenvalue weighted by molar-refractivity contribution is -0.135. The summed E-state index contributed by atoms with van der Waals surface area (Å²) >= 11 is 0. The van der Waals surface area contributed by atoms with Crippen LogP contribution in [0, 0.1) is 11.3 Å². The van der Waals surface area contributed by atoms with E-state index in [-0.39, 0.29) is 24.4 Å². The third-order valence-electron chi connectivity index (χ3n) is 3.81. The van der Waals surface area contributed by atoms with Gasteiger partial charge in [-0.15, -0.1) is 0 Å². The van der Waals surface area contributed by atoms with E-state index in [1.165, 1.54) is 6.92 Å². The van der Waals surface area contributed by atoms with Gasteiger partial charge in [0.05, 0.1) is 11.3 Å². The summed E-state index contributed by atoms with van der Waals surface area (Å²) in [7, 11) is 0. The number of hydrogen-bond donors (Lipinski definition) is 1. The van der Waals surface area contributed by atoms with Crippen LogP contribution in [0.3, 0.4) is 0 Å². The van der Waals surface area contributed by atoms with Crippen molar-refractivity contribution in [3.8, 4) is 6.07 Å². The smallest absolute Gasteiger partial charge is 0.244 e. The Morgan fingerprint density at radius 1 is 1.33 bits per heavy atom. The Labute approximate surface area is 124 Å². The van der Waals surface area contributed by atoms with Gasteiger partial charge in [-0.3, -0.25) is 9.59 Å². The molecule has 0 aromatic heterocycles. The molecule has 5 nitrogen and oxygen atoms in total. The number of nitriles is 1. The van der Waals surface area contributed by atoms with E-state index < -0.39 is 0 Å². The van der Waals surface area contributed by atoms with E-state index in [1.54, 1.807) is 29.2 Å². The summed E-state index contributed by atoms with van der Waals surface area (Å²) in [5.41, 5.74) is 0.904. The van der Waals surface area contributed by atoms with Gasteiger partial charge in [0.2, 0.25) is 11.8 Å². The van der Waals surface area contributed by atoms with Gasteiger partial charge in [0.25, 0.3) is 0 Å². The van der Waals surface area contributed by atoms with Gasteiger partial charge in [0.15, 0.2) is 0 Å². The summed E-state index contributed by atoms with van der Waals surface area (Å²) < 4.78 is 0. The number of nitrogens with one attached hydrogen (secondary N) is 1. The van der Waals surface area contributed by atoms with Gasteiger partial charge in [0.1, 0.15) is 12.6 Å². The maximum absolute atomic E-state index is 12.1. The fourth-order valence-corrected chi connectivity index (χ4v) is 2.75. The maximum atomic E-state index is 12.1. The SMILES string of the molecule is CC(=O)N(CC(=O)Nc1ccccc1C#N)C1CCCC1. The molecule has 1 saturated carbocycles. The third kappa shape index (κ3) is 3.82. The predicted molar refractivity (Wildman–Crippen MR) is 79.4 cm³/mol. The van der Waals surface area contributed by atoms with Gasteiger partial charge in [-0.25, -0.2) is 0 Å². The Morgan fingerprint density at radius 2 is 2.00 bits per heavy atom. The number of benzene rings is 1. The van der Waals surface area contributed by atoms with Crippen LogP contribution in [0.15, 0.2) is 24.3 Å². The molecule has 0 aliphatic heterocycles. The highest BCUT2D eigenvalue weighted by Gasteiger charge is 2.26. The minimum Gasteiger partial charge on any atom is -0.331 e. The van der Waals surface area contributed by atoms with Crippen LogP contribution in [0.2, 0.25) is 0 Å². The average Bonchev–Trinajstić information content (AvgIpc) is 2.99. The molecule has 1 aliphatic rings. The third-order valence-corrected chi connectivity index (χ3v) is 3.81. The normalized spacial score (nSPS) is 14.5. The van der Waals surface area contributed by atoms with Gasteiger partial charge >= 0.3 is 0 Å². The molecule has 21 heavy (non-hydrogen) atoms. The molecule has 2 amide bonds. The topological polar surface area (TPSA) is 73.2 Å². The lowest BCUT2D eigenvalue weighted by atomic mass is 10.2. The zero-order valence-corrected chi connectivity index (χ0v) is 12.1. The first-order chi connectivity index (χ1) is 10.1. The number of carbonyl (C=O) groups is 2. The summed E-state index contributed by atoms with van der Waals surface area (Å²) in [6, 6.07) is 9.04. The number of carbonyl (C=O) groups excluding carboxylic acids is 2. The van der Waals surface area contributed by atoms with E-state index in [4.69, 9.17) is 5.26 Å². The summed E-state index contributed by atoms with van der Waals surface area (Å²) in [4.78, 5) is 25.5. The zero-order chi connectivity index (χ0) is 15.2. The maximum Gasteiger partial charge on any atom is 0.244 e. The summed E-state index contributed by atoms with van der Waals surface area (Å²) in [6.45, 7) is 1.54. The summed E-state index contributed by atoms with van der Waals surface area (Å²) in [5.74, 6) is -0.342. The highest BCUT2D eigenvalue weighted by atomic mass is 16.2. The molecule has 0 heterocycles. The lowest BCUT2D eigenvalue weighted by Gasteiger charge is -2.27. The molecule has 1 N–H and O–H groups in total. The van der Waals surface area contributed by atoms with Crippen LogP contribution in [-0.4, -0.2) is 29.3 Å². The first-order valence-corrected chi connectivity index (χ1v) is 7.18. The Hall–Kier alpha value is -2.35. The van der Waals surface area contributed by atoms with Crippen LogP contribution in [0.5, 0.6) is 0 Å². The molecule has 1 aliphatic carbocycles. The molecule has 2 rings (SSSR count). The summed E-state index contributed by atoms with van der Waals surface area (Å²) in [5, 5.41) is 11.7. The number of anilines is 1. The van der Waals surface area contributed by atoms with Crippen molar-refractivity contribution in [1.82, 2.24) is 4.90 Å². The van der Waals surface area contributed by atoms with E-state index in [0.717, 1.165) is 25.7 Å². The number of amides is 2. The van der Waals surface area contributed by atoms with Crippen molar-refractivity contribution in [2.24, 2.45) is 0 Å². The second kappa shape index (κ2) is 6.89. The molecule has 5 heteroatoms. The lowest BCUT2D eigenvalue weighted by Crippen LogP contribution is -2.42. The molecule has 0 atom stereocenters. The fourth-order valence-electron chi connectivity index (χ4n) is 2.75. The van der Waals surface area contributed by atoms with E-state index in [1.807, 2.05) is 6.07 Å². The number of rotatable bonds is 4. The molecule has 0 unspecified atom stereocenters. The van der Waals surface area contributed by atoms with Crippen LogP contribution in [0.4, 0.5) is 5.69 Å². The minimum atomic E-state index is -0.264. The molecular weight excluding hydrogens is 266 g/mol. The molecule has 0 saturated heterocycles. The molecule has 1 aromatic rings. The zero-order valence-electron chi connectivity index (χ0n) is 12.1. The van der Waals surface area contributed by atoms with Gasteiger partial charge < -0.3 is 10.2 Å². The quantitative estimate of drug-likeness (QED) is 0.922. The average molecular weight is 285 g/mol. The number of para-hydroxylation sites is 1. The minimum absolute atomic E-state index is 0.0414. The monoisotopic (exact) mass is 285 g/mol. The second-order valence-electron chi connectivity index (χ2n) is 5.29. The van der Waals surface area contributed by atoms with Gasteiger partial charge in [0, 0.05) is 13.0 Å². The van der Waals surface area contributed by atoms with E-state index in [9.17, 15) is 9.59 Å². The van der Waals surface area contributed by atoms with Crippen molar-refractivity contribution in [1.29, 1.82) is 5.26 Å². The van der Waals surface area contributed by atoms with Crippen LogP contribution in [0.1, 0.15) is 38.2 Å². The molecule has 0 radical (unpaired) electrons. The van der Waals surface area contributed by atoms with Crippen LogP contribution < -0.4 is 5.32 Å². The molecule has 0 spiro atoms. The highest BCUT2D eigenvalue weighted by Crippen LogP contribution is 2.23. The summed E-state index contributed by atoms with van der Waals surface area (Å²) in [6.07, 6.45) is 4.13. The van der Waals surface area contributed by atoms with E-state index in [0.29, 0.717) is 11.3 Å². The van der Waals surface area contributed by atoms with Crippen LogP contribution in [0.25, 0.3) is 0 Å². The first-order valence-electron chi connectivity index (χ1n) is 7.18. The number of nitrogens with zero attached hydrogens (tertiary/aromatic N) is 2. The Kier molecular flexibility index (Phi) is 4.94. The Balaban J connectivity index is 2.02. The standard InChI is InChI=1S/C16H19N3O2/c1-12(20)19(14-7-3-4-8-14)11-16(21)18-15-9-5-2-6-13(15)10-17/h2,5-6,9,14H,3-4,7-8,11H2,1H3,(H,18,21). The van der Waals surface area contributed by atoms with Crippen molar-refractivity contribution < 1.29 is 9.59 Å². The van der Waals surface area contributed by atoms with Gasteiger partial charge in [-0.1, -0.05) is 25.0 Å². The van der Waals surface area contributed by atoms with Gasteiger partial charge in [-0.2, -0.15) is 5.26 Å². The molecule has 1 fully saturated rings. The first kappa shape index (κ1) is 15.0. The van der Waals surface area contributed by atoms with Crippen molar-refractivity contribution >= 4 is 17.5 Å². The van der Waals surface area contributed by atoms with Gasteiger partial charge in [-0.05, 0) is 25.0 Å².